The van der Waals surface area contributed by atoms with E-state index in [0.29, 0.717) is 11.4 Å². The first-order valence-electron chi connectivity index (χ1n) is 8.92. The first-order chi connectivity index (χ1) is 14.5. The molecule has 154 valence electrons. The molecule has 8 heteroatoms. The molecule has 3 aromatic rings. The predicted molar refractivity (Wildman–Crippen MR) is 105 cm³/mol. The van der Waals surface area contributed by atoms with Gasteiger partial charge in [-0.25, -0.2) is 9.59 Å². The Kier molecular flexibility index (Phi) is 6.17. The Balaban J connectivity index is 2.24. The first-order valence-corrected chi connectivity index (χ1v) is 8.92. The summed E-state index contributed by atoms with van der Waals surface area (Å²) in [6.45, 7) is 0. The molecule has 0 unspecified atom stereocenters. The second-order valence-electron chi connectivity index (χ2n) is 6.13. The van der Waals surface area contributed by atoms with Crippen LogP contribution in [0.15, 0.2) is 72.9 Å². The molecule has 1 heterocycles. The highest BCUT2D eigenvalue weighted by Gasteiger charge is 2.27. The lowest BCUT2D eigenvalue weighted by molar-refractivity contribution is -0.581. The van der Waals surface area contributed by atoms with Gasteiger partial charge in [0.2, 0.25) is 5.70 Å². The van der Waals surface area contributed by atoms with Gasteiger partial charge in [-0.3, -0.25) is 0 Å². The van der Waals surface area contributed by atoms with Gasteiger partial charge in [0, 0.05) is 11.3 Å². The molecule has 0 aliphatic carbocycles. The molecule has 0 aliphatic rings. The Morgan fingerprint density at radius 1 is 0.900 bits per heavy atom. The lowest BCUT2D eigenvalue weighted by Gasteiger charge is -2.12. The van der Waals surface area contributed by atoms with Crippen molar-refractivity contribution in [3.63, 3.8) is 0 Å². The highest BCUT2D eigenvalue weighted by Crippen LogP contribution is 2.24. The first kappa shape index (κ1) is 20.7. The van der Waals surface area contributed by atoms with Gasteiger partial charge in [0.15, 0.2) is 5.69 Å². The zero-order chi connectivity index (χ0) is 21.7. The smallest absolute Gasteiger partial charge is 0.378 e. The molecule has 0 amide bonds. The van der Waals surface area contributed by atoms with E-state index in [4.69, 9.17) is 9.47 Å². The van der Waals surface area contributed by atoms with Crippen molar-refractivity contribution in [2.75, 3.05) is 21.3 Å². The van der Waals surface area contributed by atoms with Crippen molar-refractivity contribution in [2.45, 2.75) is 0 Å². The number of benzene rings is 2. The number of carbonyl (C=O) groups is 2. The standard InChI is InChI=1S/C22H20N2O6/c1-28-17-11-9-16(10-12-17)24-14-23(13-18(24)15-7-5-4-6-8-15)19(21(26)29-2)20(25)22(27)30-3/h4-14H,1-3H3. The van der Waals surface area contributed by atoms with Gasteiger partial charge in [-0.2, -0.15) is 9.13 Å². The fourth-order valence-corrected chi connectivity index (χ4v) is 2.91. The average Bonchev–Trinajstić information content (AvgIpc) is 3.23. The fraction of sp³-hybridized carbons (Fsp3) is 0.136. The summed E-state index contributed by atoms with van der Waals surface area (Å²) >= 11 is 0. The van der Waals surface area contributed by atoms with E-state index in [1.165, 1.54) is 10.9 Å². The predicted octanol–water partition coefficient (Wildman–Crippen LogP) is 1.32. The molecule has 2 aromatic carbocycles. The van der Waals surface area contributed by atoms with Crippen LogP contribution in [0.3, 0.4) is 0 Å². The Hall–Kier alpha value is -4.07. The minimum atomic E-state index is -1.17. The van der Waals surface area contributed by atoms with Gasteiger partial charge in [0.05, 0.1) is 21.3 Å². The van der Waals surface area contributed by atoms with Crippen molar-refractivity contribution in [1.82, 2.24) is 4.57 Å². The summed E-state index contributed by atoms with van der Waals surface area (Å²) in [6.07, 6.45) is 3.10. The number of carbonyl (C=O) groups excluding carboxylic acids is 2. The molecule has 30 heavy (non-hydrogen) atoms. The van der Waals surface area contributed by atoms with E-state index < -0.39 is 23.4 Å². The SMILES string of the molecule is COC(=O)/C([O-])=C(\C(=O)OC)[n+]1cc(-c2ccccc2)n(-c2ccc(OC)cc2)c1. The van der Waals surface area contributed by atoms with Crippen molar-refractivity contribution in [3.05, 3.63) is 72.9 Å². The number of hydrogen-bond donors (Lipinski definition) is 0. The Bertz CT molecular complexity index is 1080. The molecule has 8 nitrogen and oxygen atoms in total. The highest BCUT2D eigenvalue weighted by atomic mass is 16.5. The molecule has 0 N–H and O–H groups in total. The van der Waals surface area contributed by atoms with Crippen LogP contribution in [0.25, 0.3) is 22.6 Å². The summed E-state index contributed by atoms with van der Waals surface area (Å²) in [4.78, 5) is 24.1. The van der Waals surface area contributed by atoms with Gasteiger partial charge in [0.1, 0.15) is 17.6 Å². The van der Waals surface area contributed by atoms with Gasteiger partial charge in [-0.05, 0) is 24.3 Å². The molecule has 0 saturated heterocycles. The maximum Gasteiger partial charge on any atom is 0.378 e. The zero-order valence-electron chi connectivity index (χ0n) is 16.7. The van der Waals surface area contributed by atoms with Crippen molar-refractivity contribution >= 4 is 17.6 Å². The summed E-state index contributed by atoms with van der Waals surface area (Å²) in [5.74, 6) is -2.55. The van der Waals surface area contributed by atoms with Crippen LogP contribution < -0.4 is 14.4 Å². The third kappa shape index (κ3) is 4.02. The number of hydrogen-bond acceptors (Lipinski definition) is 6. The van der Waals surface area contributed by atoms with Gasteiger partial charge in [-0.15, -0.1) is 0 Å². The second-order valence-corrected chi connectivity index (χ2v) is 6.13. The summed E-state index contributed by atoms with van der Waals surface area (Å²) in [6, 6.07) is 16.6. The van der Waals surface area contributed by atoms with Crippen LogP contribution in [0, 0.1) is 0 Å². The van der Waals surface area contributed by atoms with Crippen LogP contribution in [0.5, 0.6) is 5.75 Å². The summed E-state index contributed by atoms with van der Waals surface area (Å²) < 4.78 is 17.5. The summed E-state index contributed by atoms with van der Waals surface area (Å²) in [5, 5.41) is 12.5. The number of ether oxygens (including phenoxy) is 3. The van der Waals surface area contributed by atoms with Gasteiger partial charge < -0.3 is 19.3 Å². The third-order valence-electron chi connectivity index (χ3n) is 4.40. The van der Waals surface area contributed by atoms with Crippen LogP contribution >= 0.6 is 0 Å². The molecular weight excluding hydrogens is 388 g/mol. The molecule has 0 fully saturated rings. The minimum Gasteiger partial charge on any atom is -0.864 e. The Labute approximate surface area is 173 Å². The van der Waals surface area contributed by atoms with E-state index in [1.807, 2.05) is 42.5 Å². The monoisotopic (exact) mass is 408 g/mol. The maximum atomic E-state index is 12.5. The highest BCUT2D eigenvalue weighted by molar-refractivity contribution is 6.12. The molecule has 0 spiro atoms. The van der Waals surface area contributed by atoms with Gasteiger partial charge in [-0.1, -0.05) is 30.3 Å². The van der Waals surface area contributed by atoms with Crippen molar-refractivity contribution in [2.24, 2.45) is 0 Å². The van der Waals surface area contributed by atoms with Gasteiger partial charge in [0.25, 0.3) is 6.33 Å². The molecule has 0 aliphatic heterocycles. The van der Waals surface area contributed by atoms with E-state index >= 15 is 0 Å². The maximum absolute atomic E-state index is 12.5. The topological polar surface area (TPSA) is 93.7 Å². The number of nitrogens with zero attached hydrogens (tertiary/aromatic N) is 2. The third-order valence-corrected chi connectivity index (χ3v) is 4.40. The van der Waals surface area contributed by atoms with Crippen LogP contribution in [0.1, 0.15) is 0 Å². The van der Waals surface area contributed by atoms with E-state index in [-0.39, 0.29) is 0 Å². The number of aromatic nitrogens is 2. The van der Waals surface area contributed by atoms with E-state index in [0.717, 1.165) is 25.5 Å². The summed E-state index contributed by atoms with van der Waals surface area (Å²) in [5.41, 5.74) is 1.79. The average molecular weight is 408 g/mol. The van der Waals surface area contributed by atoms with Crippen LogP contribution in [0.2, 0.25) is 0 Å². The molecule has 0 bridgehead atoms. The second kappa shape index (κ2) is 8.95. The van der Waals surface area contributed by atoms with Crippen molar-refractivity contribution in [3.8, 4) is 22.7 Å². The van der Waals surface area contributed by atoms with Crippen molar-refractivity contribution < 1.29 is 33.5 Å². The van der Waals surface area contributed by atoms with E-state index in [1.54, 1.807) is 30.0 Å². The number of rotatable bonds is 6. The number of imidazole rings is 1. The molecule has 3 rings (SSSR count). The van der Waals surface area contributed by atoms with E-state index in [9.17, 15) is 14.7 Å². The minimum absolute atomic E-state index is 0.478. The molecule has 0 radical (unpaired) electrons. The normalized spacial score (nSPS) is 11.4. The quantitative estimate of drug-likeness (QED) is 0.264. The number of methoxy groups -OCH3 is 3. The molecule has 1 aromatic heterocycles. The summed E-state index contributed by atoms with van der Waals surface area (Å²) in [7, 11) is 3.77. The zero-order valence-corrected chi connectivity index (χ0v) is 16.7. The van der Waals surface area contributed by atoms with Crippen LogP contribution in [-0.2, 0) is 19.1 Å². The molecular formula is C22H20N2O6. The number of esters is 2. The van der Waals surface area contributed by atoms with Crippen molar-refractivity contribution in [1.29, 1.82) is 0 Å². The lowest BCUT2D eigenvalue weighted by Crippen LogP contribution is -2.40. The molecule has 0 saturated carbocycles. The fourth-order valence-electron chi connectivity index (χ4n) is 2.91. The molecule has 0 atom stereocenters. The van der Waals surface area contributed by atoms with Gasteiger partial charge >= 0.3 is 11.9 Å². The Morgan fingerprint density at radius 3 is 2.10 bits per heavy atom. The van der Waals surface area contributed by atoms with E-state index in [2.05, 4.69) is 4.74 Å². The lowest BCUT2D eigenvalue weighted by atomic mass is 10.1. The van der Waals surface area contributed by atoms with Crippen LogP contribution in [-0.4, -0.2) is 37.8 Å². The largest absolute Gasteiger partial charge is 0.864 e. The van der Waals surface area contributed by atoms with Crippen LogP contribution in [0.4, 0.5) is 0 Å². The Morgan fingerprint density at radius 2 is 1.53 bits per heavy atom.